The fourth-order valence-corrected chi connectivity index (χ4v) is 1.94. The van der Waals surface area contributed by atoms with Crippen molar-refractivity contribution in [3.05, 3.63) is 59.4 Å². The maximum atomic E-state index is 14.0. The fraction of sp³-hybridized carbons (Fsp3) is 0.250. The third-order valence-electron chi connectivity index (χ3n) is 3.02. The number of para-hydroxylation sites is 1. The van der Waals surface area contributed by atoms with Crippen molar-refractivity contribution in [1.82, 2.24) is 0 Å². The van der Waals surface area contributed by atoms with E-state index in [9.17, 15) is 9.50 Å². The van der Waals surface area contributed by atoms with Crippen LogP contribution in [0.15, 0.2) is 42.5 Å². The quantitative estimate of drug-likeness (QED) is 0.908. The minimum absolute atomic E-state index is 0.0762. The van der Waals surface area contributed by atoms with E-state index in [2.05, 4.69) is 0 Å². The second kappa shape index (κ2) is 6.39. The monoisotopic (exact) mass is 276 g/mol. The van der Waals surface area contributed by atoms with Crippen molar-refractivity contribution in [2.45, 2.75) is 19.6 Å². The first kappa shape index (κ1) is 14.3. The Morgan fingerprint density at radius 1 is 1.10 bits per heavy atom. The Bertz CT molecular complexity index is 582. The van der Waals surface area contributed by atoms with E-state index in [4.69, 9.17) is 9.47 Å². The molecule has 3 nitrogen and oxygen atoms in total. The van der Waals surface area contributed by atoms with Gasteiger partial charge < -0.3 is 14.6 Å². The first-order valence-corrected chi connectivity index (χ1v) is 6.34. The van der Waals surface area contributed by atoms with Crippen molar-refractivity contribution in [1.29, 1.82) is 0 Å². The molecule has 0 saturated carbocycles. The van der Waals surface area contributed by atoms with Crippen molar-refractivity contribution in [2.24, 2.45) is 0 Å². The standard InChI is InChI=1S/C16H17FO3/c1-11(18)13-7-3-4-8-14(13)20-10-12-6-5-9-15(19-2)16(12)17/h3-9,11,18H,10H2,1-2H3/t11-/m0/s1. The molecule has 2 rings (SSSR count). The van der Waals surface area contributed by atoms with Gasteiger partial charge in [-0.05, 0) is 19.1 Å². The molecule has 0 saturated heterocycles. The van der Waals surface area contributed by atoms with Crippen LogP contribution in [-0.4, -0.2) is 12.2 Å². The lowest BCUT2D eigenvalue weighted by molar-refractivity contribution is 0.189. The molecule has 0 aliphatic carbocycles. The Morgan fingerprint density at radius 3 is 2.50 bits per heavy atom. The molecule has 2 aromatic carbocycles. The molecule has 0 amide bonds. The highest BCUT2D eigenvalue weighted by atomic mass is 19.1. The molecule has 1 atom stereocenters. The highest BCUT2D eigenvalue weighted by Crippen LogP contribution is 2.26. The zero-order chi connectivity index (χ0) is 14.5. The number of hydrogen-bond acceptors (Lipinski definition) is 3. The van der Waals surface area contributed by atoms with Crippen LogP contribution >= 0.6 is 0 Å². The Morgan fingerprint density at radius 2 is 1.80 bits per heavy atom. The third kappa shape index (κ3) is 3.08. The number of hydrogen-bond donors (Lipinski definition) is 1. The van der Waals surface area contributed by atoms with Gasteiger partial charge in [-0.1, -0.05) is 30.3 Å². The number of aliphatic hydroxyl groups is 1. The van der Waals surface area contributed by atoms with Crippen LogP contribution in [0.25, 0.3) is 0 Å². The molecule has 0 fully saturated rings. The minimum atomic E-state index is -0.638. The van der Waals surface area contributed by atoms with Gasteiger partial charge in [0.15, 0.2) is 11.6 Å². The lowest BCUT2D eigenvalue weighted by Crippen LogP contribution is -2.03. The molecule has 106 valence electrons. The summed E-state index contributed by atoms with van der Waals surface area (Å²) in [7, 11) is 1.42. The molecule has 0 bridgehead atoms. The molecule has 0 aromatic heterocycles. The second-order valence-electron chi connectivity index (χ2n) is 4.44. The molecular weight excluding hydrogens is 259 g/mol. The summed E-state index contributed by atoms with van der Waals surface area (Å²) in [4.78, 5) is 0. The van der Waals surface area contributed by atoms with E-state index in [1.54, 1.807) is 37.3 Å². The van der Waals surface area contributed by atoms with Gasteiger partial charge in [-0.25, -0.2) is 4.39 Å². The average Bonchev–Trinajstić information content (AvgIpc) is 2.46. The van der Waals surface area contributed by atoms with Crippen molar-refractivity contribution in [3.8, 4) is 11.5 Å². The van der Waals surface area contributed by atoms with Gasteiger partial charge in [0.05, 0.1) is 13.2 Å². The lowest BCUT2D eigenvalue weighted by Gasteiger charge is -2.14. The maximum Gasteiger partial charge on any atom is 0.171 e. The highest BCUT2D eigenvalue weighted by molar-refractivity contribution is 5.36. The van der Waals surface area contributed by atoms with Crippen LogP contribution in [0, 0.1) is 5.82 Å². The molecule has 0 radical (unpaired) electrons. The van der Waals surface area contributed by atoms with Gasteiger partial charge in [0, 0.05) is 11.1 Å². The third-order valence-corrected chi connectivity index (χ3v) is 3.02. The molecule has 1 N–H and O–H groups in total. The molecule has 4 heteroatoms. The predicted octanol–water partition coefficient (Wildman–Crippen LogP) is 3.47. The van der Waals surface area contributed by atoms with E-state index in [-0.39, 0.29) is 12.4 Å². The van der Waals surface area contributed by atoms with Crippen LogP contribution in [0.1, 0.15) is 24.2 Å². The van der Waals surface area contributed by atoms with Gasteiger partial charge in [-0.3, -0.25) is 0 Å². The summed E-state index contributed by atoms with van der Waals surface area (Å²) < 4.78 is 24.5. The molecule has 20 heavy (non-hydrogen) atoms. The van der Waals surface area contributed by atoms with Gasteiger partial charge in [0.1, 0.15) is 12.4 Å². The smallest absolute Gasteiger partial charge is 0.171 e. The fourth-order valence-electron chi connectivity index (χ4n) is 1.94. The topological polar surface area (TPSA) is 38.7 Å². The first-order chi connectivity index (χ1) is 9.63. The SMILES string of the molecule is COc1cccc(COc2ccccc2[C@H](C)O)c1F. The van der Waals surface area contributed by atoms with Crippen LogP contribution in [0.5, 0.6) is 11.5 Å². The predicted molar refractivity (Wildman–Crippen MR) is 74.4 cm³/mol. The highest BCUT2D eigenvalue weighted by Gasteiger charge is 2.11. The summed E-state index contributed by atoms with van der Waals surface area (Å²) in [6.45, 7) is 1.74. The van der Waals surface area contributed by atoms with Gasteiger partial charge in [-0.15, -0.1) is 0 Å². The number of benzene rings is 2. The average molecular weight is 276 g/mol. The Kier molecular flexibility index (Phi) is 4.58. The number of ether oxygens (including phenoxy) is 2. The van der Waals surface area contributed by atoms with Crippen molar-refractivity contribution >= 4 is 0 Å². The second-order valence-corrected chi connectivity index (χ2v) is 4.44. The molecule has 0 heterocycles. The van der Waals surface area contributed by atoms with Crippen molar-refractivity contribution in [2.75, 3.05) is 7.11 Å². The molecule has 0 spiro atoms. The summed E-state index contributed by atoms with van der Waals surface area (Å²) in [5.74, 6) is 0.309. The summed E-state index contributed by atoms with van der Waals surface area (Å²) in [6.07, 6.45) is -0.638. The van der Waals surface area contributed by atoms with Gasteiger partial charge in [-0.2, -0.15) is 0 Å². The maximum absolute atomic E-state index is 14.0. The van der Waals surface area contributed by atoms with Gasteiger partial charge in [0.2, 0.25) is 0 Å². The normalized spacial score (nSPS) is 12.0. The Balaban J connectivity index is 2.17. The number of methoxy groups -OCH3 is 1. The van der Waals surface area contributed by atoms with Gasteiger partial charge >= 0.3 is 0 Å². The van der Waals surface area contributed by atoms with E-state index < -0.39 is 11.9 Å². The molecular formula is C16H17FO3. The van der Waals surface area contributed by atoms with Crippen LogP contribution in [0.2, 0.25) is 0 Å². The Hall–Kier alpha value is -2.07. The van der Waals surface area contributed by atoms with Crippen LogP contribution < -0.4 is 9.47 Å². The molecule has 0 aliphatic heterocycles. The van der Waals surface area contributed by atoms with Crippen LogP contribution in [-0.2, 0) is 6.61 Å². The Labute approximate surface area is 117 Å². The largest absolute Gasteiger partial charge is 0.494 e. The molecule has 0 unspecified atom stereocenters. The van der Waals surface area contributed by atoms with E-state index >= 15 is 0 Å². The summed E-state index contributed by atoms with van der Waals surface area (Å²) in [5.41, 5.74) is 1.08. The minimum Gasteiger partial charge on any atom is -0.494 e. The molecule has 2 aromatic rings. The van der Waals surface area contributed by atoms with Crippen molar-refractivity contribution < 1.29 is 19.0 Å². The summed E-state index contributed by atoms with van der Waals surface area (Å²) in [5, 5.41) is 9.66. The number of aliphatic hydroxyl groups excluding tert-OH is 1. The lowest BCUT2D eigenvalue weighted by atomic mass is 10.1. The van der Waals surface area contributed by atoms with Gasteiger partial charge in [0.25, 0.3) is 0 Å². The number of halogens is 1. The van der Waals surface area contributed by atoms with Crippen LogP contribution in [0.4, 0.5) is 4.39 Å². The zero-order valence-electron chi connectivity index (χ0n) is 11.5. The summed E-state index contributed by atoms with van der Waals surface area (Å²) in [6, 6.07) is 12.1. The zero-order valence-corrected chi connectivity index (χ0v) is 11.5. The van der Waals surface area contributed by atoms with E-state index in [0.717, 1.165) is 0 Å². The van der Waals surface area contributed by atoms with Crippen molar-refractivity contribution in [3.63, 3.8) is 0 Å². The number of rotatable bonds is 5. The summed E-state index contributed by atoms with van der Waals surface area (Å²) >= 11 is 0. The molecule has 0 aliphatic rings. The first-order valence-electron chi connectivity index (χ1n) is 6.34. The van der Waals surface area contributed by atoms with E-state index in [0.29, 0.717) is 16.9 Å². The van der Waals surface area contributed by atoms with E-state index in [1.165, 1.54) is 7.11 Å². The van der Waals surface area contributed by atoms with Crippen LogP contribution in [0.3, 0.4) is 0 Å². The van der Waals surface area contributed by atoms with E-state index in [1.807, 2.05) is 12.1 Å².